The molecule has 0 aromatic carbocycles. The highest BCUT2D eigenvalue weighted by Crippen LogP contribution is 2.00. The second-order valence-electron chi connectivity index (χ2n) is 2.25. The Bertz CT molecular complexity index is 444. The number of aryl methyl sites for hydroxylation is 1. The second-order valence-corrected chi connectivity index (χ2v) is 2.25. The van der Waals surface area contributed by atoms with E-state index in [1.807, 2.05) is 27.7 Å². The topological polar surface area (TPSA) is 63.6 Å². The van der Waals surface area contributed by atoms with Gasteiger partial charge in [-0.15, -0.1) is 0 Å². The highest BCUT2D eigenvalue weighted by molar-refractivity contribution is 5.68. The fourth-order valence-electron chi connectivity index (χ4n) is 0.959. The molecular weight excluding hydrogens is 192 g/mol. The molecule has 84 valence electrons. The van der Waals surface area contributed by atoms with Crippen LogP contribution in [0.5, 0.6) is 0 Å². The number of imidazole rings is 1. The van der Waals surface area contributed by atoms with Crippen molar-refractivity contribution in [2.24, 2.45) is 7.05 Å². The van der Waals surface area contributed by atoms with Crippen LogP contribution in [0.4, 0.5) is 0 Å². The maximum Gasteiger partial charge on any atom is 0.327 e. The monoisotopic (exact) mass is 210 g/mol. The lowest BCUT2D eigenvalue weighted by Gasteiger charge is -1.88. The summed E-state index contributed by atoms with van der Waals surface area (Å²) in [5.74, 6) is 0. The number of aromatic amines is 1. The Morgan fingerprint density at radius 3 is 2.40 bits per heavy atom. The van der Waals surface area contributed by atoms with E-state index in [-0.39, 0.29) is 5.69 Å². The van der Waals surface area contributed by atoms with Gasteiger partial charge in [-0.1, -0.05) is 27.7 Å². The summed E-state index contributed by atoms with van der Waals surface area (Å²) in [6.45, 7) is 8.00. The summed E-state index contributed by atoms with van der Waals surface area (Å²) < 4.78 is 1.47. The molecule has 0 fully saturated rings. The van der Waals surface area contributed by atoms with Crippen LogP contribution in [0, 0.1) is 0 Å². The van der Waals surface area contributed by atoms with Gasteiger partial charge in [-0.25, -0.2) is 14.8 Å². The predicted octanol–water partition coefficient (Wildman–Crippen LogP) is 1.71. The summed E-state index contributed by atoms with van der Waals surface area (Å²) in [4.78, 5) is 21.2. The summed E-state index contributed by atoms with van der Waals surface area (Å²) >= 11 is 0. The fourth-order valence-corrected chi connectivity index (χ4v) is 0.959. The molecule has 0 aliphatic carbocycles. The maximum atomic E-state index is 11.0. The number of aromatic nitrogens is 4. The maximum absolute atomic E-state index is 11.0. The molecule has 15 heavy (non-hydrogen) atoms. The molecule has 2 heterocycles. The fraction of sp³-hybridized carbons (Fsp3) is 0.500. The number of hydrogen-bond donors (Lipinski definition) is 1. The van der Waals surface area contributed by atoms with Crippen molar-refractivity contribution in [2.45, 2.75) is 27.7 Å². The molecule has 5 heteroatoms. The summed E-state index contributed by atoms with van der Waals surface area (Å²) in [7, 11) is 1.67. The van der Waals surface area contributed by atoms with E-state index in [2.05, 4.69) is 15.0 Å². The SMILES string of the molecule is CC.CC.Cn1c(=O)[nH]c2ncncc21. The van der Waals surface area contributed by atoms with Crippen molar-refractivity contribution in [3.8, 4) is 0 Å². The Morgan fingerprint density at radius 1 is 1.27 bits per heavy atom. The molecule has 0 bridgehead atoms. The molecule has 0 aliphatic heterocycles. The minimum Gasteiger partial charge on any atom is -0.292 e. The smallest absolute Gasteiger partial charge is 0.292 e. The Balaban J connectivity index is 0.000000442. The first-order valence-electron chi connectivity index (χ1n) is 5.14. The van der Waals surface area contributed by atoms with E-state index in [4.69, 9.17) is 0 Å². The van der Waals surface area contributed by atoms with Crippen molar-refractivity contribution in [1.29, 1.82) is 0 Å². The molecule has 2 aromatic rings. The van der Waals surface area contributed by atoms with Crippen LogP contribution < -0.4 is 5.69 Å². The number of H-pyrrole nitrogens is 1. The summed E-state index contributed by atoms with van der Waals surface area (Å²) in [6, 6.07) is 0. The number of hydrogen-bond acceptors (Lipinski definition) is 3. The summed E-state index contributed by atoms with van der Waals surface area (Å²) in [5, 5.41) is 0. The zero-order chi connectivity index (χ0) is 11.8. The van der Waals surface area contributed by atoms with Crippen LogP contribution in [0.15, 0.2) is 17.3 Å². The number of rotatable bonds is 0. The van der Waals surface area contributed by atoms with Gasteiger partial charge in [0.15, 0.2) is 5.65 Å². The van der Waals surface area contributed by atoms with E-state index in [1.165, 1.54) is 10.9 Å². The number of nitrogens with zero attached hydrogens (tertiary/aromatic N) is 3. The minimum absolute atomic E-state index is 0.166. The van der Waals surface area contributed by atoms with Gasteiger partial charge in [-0.2, -0.15) is 0 Å². The Kier molecular flexibility index (Phi) is 6.01. The summed E-state index contributed by atoms with van der Waals surface area (Å²) in [5.41, 5.74) is 1.13. The zero-order valence-electron chi connectivity index (χ0n) is 9.90. The van der Waals surface area contributed by atoms with E-state index in [0.717, 1.165) is 5.52 Å². The van der Waals surface area contributed by atoms with Crippen molar-refractivity contribution >= 4 is 11.2 Å². The lowest BCUT2D eigenvalue weighted by Crippen LogP contribution is -2.11. The lowest BCUT2D eigenvalue weighted by molar-refractivity contribution is 0.890. The quantitative estimate of drug-likeness (QED) is 0.720. The van der Waals surface area contributed by atoms with E-state index in [1.54, 1.807) is 13.2 Å². The second kappa shape index (κ2) is 6.75. The average Bonchev–Trinajstić information content (AvgIpc) is 2.61. The van der Waals surface area contributed by atoms with Gasteiger partial charge < -0.3 is 0 Å². The third-order valence-electron chi connectivity index (χ3n) is 1.58. The molecule has 0 saturated carbocycles. The zero-order valence-corrected chi connectivity index (χ0v) is 9.90. The Hall–Kier alpha value is -1.65. The molecule has 2 aromatic heterocycles. The van der Waals surface area contributed by atoms with Gasteiger partial charge in [0.05, 0.1) is 6.20 Å². The normalized spacial score (nSPS) is 8.60. The van der Waals surface area contributed by atoms with Crippen molar-refractivity contribution in [2.75, 3.05) is 0 Å². The largest absolute Gasteiger partial charge is 0.327 e. The predicted molar refractivity (Wildman–Crippen MR) is 61.8 cm³/mol. The van der Waals surface area contributed by atoms with Gasteiger partial charge in [-0.3, -0.25) is 9.55 Å². The lowest BCUT2D eigenvalue weighted by atomic mass is 10.5. The van der Waals surface area contributed by atoms with Crippen LogP contribution in [0.25, 0.3) is 11.2 Å². The molecule has 0 aliphatic rings. The summed E-state index contributed by atoms with van der Waals surface area (Å²) in [6.07, 6.45) is 3.00. The van der Waals surface area contributed by atoms with Crippen molar-refractivity contribution in [3.63, 3.8) is 0 Å². The molecule has 0 amide bonds. The molecular formula is C10H18N4O. The van der Waals surface area contributed by atoms with Crippen LogP contribution in [-0.2, 0) is 7.05 Å². The van der Waals surface area contributed by atoms with Crippen LogP contribution >= 0.6 is 0 Å². The van der Waals surface area contributed by atoms with E-state index < -0.39 is 0 Å². The Morgan fingerprint density at radius 2 is 1.87 bits per heavy atom. The van der Waals surface area contributed by atoms with E-state index >= 15 is 0 Å². The van der Waals surface area contributed by atoms with E-state index in [9.17, 15) is 4.79 Å². The standard InChI is InChI=1S/C6H6N4O.2C2H6/c1-10-4-2-7-3-8-5(4)9-6(10)11;2*1-2/h2-3H,1H3,(H,7,8,9,11);2*1-2H3. The number of fused-ring (bicyclic) bond motifs is 1. The third kappa shape index (κ3) is 2.90. The van der Waals surface area contributed by atoms with Crippen LogP contribution in [0.1, 0.15) is 27.7 Å². The van der Waals surface area contributed by atoms with Gasteiger partial charge in [-0.05, 0) is 0 Å². The first-order chi connectivity index (χ1) is 7.29. The number of nitrogens with one attached hydrogen (secondary N) is 1. The van der Waals surface area contributed by atoms with Crippen LogP contribution in [0.2, 0.25) is 0 Å². The van der Waals surface area contributed by atoms with Gasteiger partial charge in [0.1, 0.15) is 11.8 Å². The average molecular weight is 210 g/mol. The van der Waals surface area contributed by atoms with Gasteiger partial charge >= 0.3 is 5.69 Å². The first kappa shape index (κ1) is 13.4. The molecule has 2 rings (SSSR count). The molecule has 1 N–H and O–H groups in total. The van der Waals surface area contributed by atoms with Crippen molar-refractivity contribution in [3.05, 3.63) is 23.0 Å². The van der Waals surface area contributed by atoms with Gasteiger partial charge in [0.2, 0.25) is 0 Å². The minimum atomic E-state index is -0.166. The molecule has 0 spiro atoms. The molecule has 5 nitrogen and oxygen atoms in total. The molecule has 0 atom stereocenters. The van der Waals surface area contributed by atoms with Crippen molar-refractivity contribution < 1.29 is 0 Å². The first-order valence-corrected chi connectivity index (χ1v) is 5.14. The molecule has 0 radical (unpaired) electrons. The van der Waals surface area contributed by atoms with Gasteiger partial charge in [0, 0.05) is 7.05 Å². The van der Waals surface area contributed by atoms with E-state index in [0.29, 0.717) is 5.65 Å². The van der Waals surface area contributed by atoms with Crippen LogP contribution in [0.3, 0.4) is 0 Å². The Labute approximate surface area is 89.2 Å². The highest BCUT2D eigenvalue weighted by Gasteiger charge is 2.01. The highest BCUT2D eigenvalue weighted by atomic mass is 16.1. The van der Waals surface area contributed by atoms with Crippen LogP contribution in [-0.4, -0.2) is 19.5 Å². The molecule has 0 saturated heterocycles. The molecule has 0 unspecified atom stereocenters. The van der Waals surface area contributed by atoms with Gasteiger partial charge in [0.25, 0.3) is 0 Å². The third-order valence-corrected chi connectivity index (χ3v) is 1.58. The van der Waals surface area contributed by atoms with Crippen molar-refractivity contribution in [1.82, 2.24) is 19.5 Å².